The van der Waals surface area contributed by atoms with E-state index in [9.17, 15) is 14.7 Å². The van der Waals surface area contributed by atoms with Gasteiger partial charge in [-0.15, -0.1) is 0 Å². The van der Waals surface area contributed by atoms with E-state index >= 15 is 0 Å². The Bertz CT molecular complexity index is 719. The maximum atomic E-state index is 12.9. The highest BCUT2D eigenvalue weighted by Crippen LogP contribution is 2.29. The number of benzene rings is 1. The molecule has 1 fully saturated rings. The van der Waals surface area contributed by atoms with E-state index in [1.165, 1.54) is 0 Å². The van der Waals surface area contributed by atoms with Crippen LogP contribution in [-0.2, 0) is 11.2 Å². The molecule has 1 aromatic carbocycles. The predicted molar refractivity (Wildman–Crippen MR) is 81.9 cm³/mol. The molecule has 2 heterocycles. The molecule has 5 nitrogen and oxygen atoms in total. The van der Waals surface area contributed by atoms with Crippen molar-refractivity contribution < 1.29 is 19.1 Å². The summed E-state index contributed by atoms with van der Waals surface area (Å²) in [5.74, 6) is -0.748. The molecule has 0 bridgehead atoms. The van der Waals surface area contributed by atoms with Gasteiger partial charge in [0.2, 0.25) is 0 Å². The fourth-order valence-electron chi connectivity index (χ4n) is 3.10. The Labute approximate surface area is 128 Å². The number of carbonyl (C=O) groups is 2. The fraction of sp³-hybridized carbons (Fsp3) is 0.412. The van der Waals surface area contributed by atoms with E-state index in [0.717, 1.165) is 11.8 Å². The summed E-state index contributed by atoms with van der Waals surface area (Å²) < 4.78 is 5.77. The summed E-state index contributed by atoms with van der Waals surface area (Å²) >= 11 is 0. The third kappa shape index (κ3) is 2.47. The topological polar surface area (TPSA) is 70.8 Å². The highest BCUT2D eigenvalue weighted by atomic mass is 16.4. The van der Waals surface area contributed by atoms with Gasteiger partial charge in [0.05, 0.1) is 11.5 Å². The number of carbonyl (C=O) groups excluding carboxylic acids is 1. The monoisotopic (exact) mass is 301 g/mol. The number of likely N-dealkylation sites (tertiary alicyclic amines) is 1. The van der Waals surface area contributed by atoms with Crippen molar-refractivity contribution in [1.82, 2.24) is 4.90 Å². The molecule has 1 saturated heterocycles. The van der Waals surface area contributed by atoms with Gasteiger partial charge in [0.15, 0.2) is 0 Å². The second-order valence-electron chi connectivity index (χ2n) is 5.68. The minimum Gasteiger partial charge on any atom is -0.481 e. The number of amides is 1. The third-order valence-corrected chi connectivity index (χ3v) is 4.26. The Morgan fingerprint density at radius 3 is 2.86 bits per heavy atom. The first-order valence-electron chi connectivity index (χ1n) is 7.64. The SMILES string of the molecule is CCc1oc2ccccc2c1C(=O)N1CCCC(C(=O)O)C1. The normalized spacial score (nSPS) is 18.6. The van der Waals surface area contributed by atoms with Gasteiger partial charge < -0.3 is 14.4 Å². The van der Waals surface area contributed by atoms with Gasteiger partial charge in [0.1, 0.15) is 11.3 Å². The van der Waals surface area contributed by atoms with Gasteiger partial charge in [-0.2, -0.15) is 0 Å². The van der Waals surface area contributed by atoms with E-state index in [1.54, 1.807) is 4.90 Å². The van der Waals surface area contributed by atoms with Crippen LogP contribution in [0.3, 0.4) is 0 Å². The minimum absolute atomic E-state index is 0.118. The summed E-state index contributed by atoms with van der Waals surface area (Å²) in [6.45, 7) is 2.83. The van der Waals surface area contributed by atoms with Crippen LogP contribution in [0, 0.1) is 5.92 Å². The second-order valence-corrected chi connectivity index (χ2v) is 5.68. The molecular formula is C17H19NO4. The number of carboxylic acids is 1. The molecule has 1 aromatic heterocycles. The Morgan fingerprint density at radius 1 is 1.36 bits per heavy atom. The zero-order chi connectivity index (χ0) is 15.7. The van der Waals surface area contributed by atoms with Crippen LogP contribution in [0.5, 0.6) is 0 Å². The first kappa shape index (κ1) is 14.6. The molecule has 0 saturated carbocycles. The van der Waals surface area contributed by atoms with Crippen molar-refractivity contribution in [3.63, 3.8) is 0 Å². The van der Waals surface area contributed by atoms with Crippen molar-refractivity contribution in [2.24, 2.45) is 5.92 Å². The van der Waals surface area contributed by atoms with Gasteiger partial charge in [-0.1, -0.05) is 25.1 Å². The Hall–Kier alpha value is -2.30. The van der Waals surface area contributed by atoms with Crippen LogP contribution in [0.15, 0.2) is 28.7 Å². The van der Waals surface area contributed by atoms with Crippen LogP contribution < -0.4 is 0 Å². The summed E-state index contributed by atoms with van der Waals surface area (Å²) in [6, 6.07) is 7.48. The quantitative estimate of drug-likeness (QED) is 0.946. The number of hydrogen-bond donors (Lipinski definition) is 1. The van der Waals surface area contributed by atoms with Gasteiger partial charge in [-0.25, -0.2) is 0 Å². The summed E-state index contributed by atoms with van der Waals surface area (Å²) in [4.78, 5) is 25.7. The number of piperidine rings is 1. The van der Waals surface area contributed by atoms with Gasteiger partial charge in [-0.3, -0.25) is 9.59 Å². The Morgan fingerprint density at radius 2 is 2.14 bits per heavy atom. The van der Waals surface area contributed by atoms with Crippen molar-refractivity contribution in [2.45, 2.75) is 26.2 Å². The van der Waals surface area contributed by atoms with E-state index < -0.39 is 11.9 Å². The van der Waals surface area contributed by atoms with Crippen molar-refractivity contribution >= 4 is 22.8 Å². The zero-order valence-corrected chi connectivity index (χ0v) is 12.5. The highest BCUT2D eigenvalue weighted by Gasteiger charge is 2.31. The van der Waals surface area contributed by atoms with Crippen LogP contribution in [0.1, 0.15) is 35.9 Å². The smallest absolute Gasteiger partial charge is 0.308 e. The largest absolute Gasteiger partial charge is 0.481 e. The molecule has 3 rings (SSSR count). The lowest BCUT2D eigenvalue weighted by Gasteiger charge is -2.30. The molecule has 0 radical (unpaired) electrons. The van der Waals surface area contributed by atoms with Gasteiger partial charge in [-0.05, 0) is 18.9 Å². The van der Waals surface area contributed by atoms with Gasteiger partial charge in [0.25, 0.3) is 5.91 Å². The van der Waals surface area contributed by atoms with Gasteiger partial charge in [0, 0.05) is 24.9 Å². The molecule has 0 aliphatic carbocycles. The predicted octanol–water partition coefficient (Wildman–Crippen LogP) is 2.93. The molecule has 1 N–H and O–H groups in total. The van der Waals surface area contributed by atoms with E-state index in [0.29, 0.717) is 36.3 Å². The molecule has 1 amide bonds. The molecule has 0 spiro atoms. The van der Waals surface area contributed by atoms with Crippen LogP contribution in [0.25, 0.3) is 11.0 Å². The summed E-state index contributed by atoms with van der Waals surface area (Å²) in [5.41, 5.74) is 1.29. The average Bonchev–Trinajstić information content (AvgIpc) is 2.92. The molecule has 1 atom stereocenters. The van der Waals surface area contributed by atoms with E-state index in [-0.39, 0.29) is 12.5 Å². The molecule has 22 heavy (non-hydrogen) atoms. The first-order chi connectivity index (χ1) is 10.6. The molecule has 1 aliphatic rings. The van der Waals surface area contributed by atoms with E-state index in [1.807, 2.05) is 31.2 Å². The fourth-order valence-corrected chi connectivity index (χ4v) is 3.10. The van der Waals surface area contributed by atoms with Crippen LogP contribution >= 0.6 is 0 Å². The summed E-state index contributed by atoms with van der Waals surface area (Å²) in [6.07, 6.45) is 1.98. The van der Waals surface area contributed by atoms with Gasteiger partial charge >= 0.3 is 5.97 Å². The number of nitrogens with zero attached hydrogens (tertiary/aromatic N) is 1. The highest BCUT2D eigenvalue weighted by molar-refractivity contribution is 6.07. The van der Waals surface area contributed by atoms with Crippen LogP contribution in [0.2, 0.25) is 0 Å². The summed E-state index contributed by atoms with van der Waals surface area (Å²) in [7, 11) is 0. The third-order valence-electron chi connectivity index (χ3n) is 4.26. The molecule has 1 unspecified atom stereocenters. The van der Waals surface area contributed by atoms with Crippen LogP contribution in [0.4, 0.5) is 0 Å². The number of fused-ring (bicyclic) bond motifs is 1. The van der Waals surface area contributed by atoms with Crippen molar-refractivity contribution in [2.75, 3.05) is 13.1 Å². The van der Waals surface area contributed by atoms with E-state index in [4.69, 9.17) is 4.42 Å². The van der Waals surface area contributed by atoms with Crippen molar-refractivity contribution in [1.29, 1.82) is 0 Å². The molecule has 2 aromatic rings. The average molecular weight is 301 g/mol. The number of para-hydroxylation sites is 1. The standard InChI is InChI=1S/C17H19NO4/c1-2-13-15(12-7-3-4-8-14(12)22-13)16(19)18-9-5-6-11(10-18)17(20)21/h3-4,7-8,11H,2,5-6,9-10H2,1H3,(H,20,21). The molecule has 1 aliphatic heterocycles. The lowest BCUT2D eigenvalue weighted by atomic mass is 9.97. The number of carboxylic acid groups (broad SMARTS) is 1. The molecule has 116 valence electrons. The number of rotatable bonds is 3. The first-order valence-corrected chi connectivity index (χ1v) is 7.64. The second kappa shape index (κ2) is 5.83. The maximum Gasteiger partial charge on any atom is 0.308 e. The molecule has 5 heteroatoms. The lowest BCUT2D eigenvalue weighted by Crippen LogP contribution is -2.42. The zero-order valence-electron chi connectivity index (χ0n) is 12.5. The lowest BCUT2D eigenvalue weighted by molar-refractivity contribution is -0.143. The van der Waals surface area contributed by atoms with Crippen molar-refractivity contribution in [3.05, 3.63) is 35.6 Å². The number of aliphatic carboxylic acids is 1. The summed E-state index contributed by atoms with van der Waals surface area (Å²) in [5, 5.41) is 9.99. The number of furan rings is 1. The minimum atomic E-state index is -0.828. The van der Waals surface area contributed by atoms with Crippen molar-refractivity contribution in [3.8, 4) is 0 Å². The number of aryl methyl sites for hydroxylation is 1. The molecular weight excluding hydrogens is 282 g/mol. The van der Waals surface area contributed by atoms with E-state index in [2.05, 4.69) is 0 Å². The maximum absolute atomic E-state index is 12.9. The number of hydrogen-bond acceptors (Lipinski definition) is 3. The Kier molecular flexibility index (Phi) is 3.88. The van der Waals surface area contributed by atoms with Crippen LogP contribution in [-0.4, -0.2) is 35.0 Å². The Balaban J connectivity index is 1.96.